The van der Waals surface area contributed by atoms with E-state index in [0.29, 0.717) is 11.5 Å². The topological polar surface area (TPSA) is 55.1 Å². The molecule has 0 saturated heterocycles. The lowest BCUT2D eigenvalue weighted by Crippen LogP contribution is -2.13. The van der Waals surface area contributed by atoms with Crippen molar-refractivity contribution < 1.29 is 4.79 Å². The van der Waals surface area contributed by atoms with E-state index in [9.17, 15) is 4.79 Å². The van der Waals surface area contributed by atoms with Crippen LogP contribution in [-0.4, -0.2) is 11.9 Å². The molecule has 0 bridgehead atoms. The van der Waals surface area contributed by atoms with Gasteiger partial charge in [0.25, 0.3) is 5.91 Å². The van der Waals surface area contributed by atoms with Crippen molar-refractivity contribution in [2.75, 3.05) is 5.32 Å². The Morgan fingerprint density at radius 2 is 1.68 bits per heavy atom. The van der Waals surface area contributed by atoms with Crippen molar-refractivity contribution in [1.82, 2.24) is 0 Å². The zero-order valence-corrected chi connectivity index (χ0v) is 10.5. The standard InChI is InChI=1S/C16H16N2O/c17-14-10-13(14)12-8-4-5-9-15(12)18-16(19)11-6-2-1-3-7-11/h1-9,13-14H,10,17H2,(H,18,19)/t13-,14+/m0/s1. The SMILES string of the molecule is N[C@@H]1C[C@H]1c1ccccc1NC(=O)c1ccccc1. The van der Waals surface area contributed by atoms with Crippen molar-refractivity contribution in [3.05, 3.63) is 65.7 Å². The normalized spacial score (nSPS) is 20.9. The zero-order valence-electron chi connectivity index (χ0n) is 10.5. The Bertz CT molecular complexity index is 595. The lowest BCUT2D eigenvalue weighted by Gasteiger charge is -2.10. The highest BCUT2D eigenvalue weighted by atomic mass is 16.1. The fourth-order valence-corrected chi connectivity index (χ4v) is 2.29. The molecule has 1 aliphatic rings. The van der Waals surface area contributed by atoms with Gasteiger partial charge in [-0.25, -0.2) is 0 Å². The Hall–Kier alpha value is -2.13. The van der Waals surface area contributed by atoms with Gasteiger partial charge in [-0.1, -0.05) is 36.4 Å². The smallest absolute Gasteiger partial charge is 0.255 e. The molecule has 2 aromatic rings. The maximum absolute atomic E-state index is 12.1. The van der Waals surface area contributed by atoms with Gasteiger partial charge in [-0.05, 0) is 30.2 Å². The van der Waals surface area contributed by atoms with E-state index in [4.69, 9.17) is 5.73 Å². The van der Waals surface area contributed by atoms with Crippen LogP contribution in [0.2, 0.25) is 0 Å². The van der Waals surface area contributed by atoms with E-state index in [0.717, 1.165) is 17.7 Å². The van der Waals surface area contributed by atoms with Crippen molar-refractivity contribution in [2.45, 2.75) is 18.4 Å². The number of benzene rings is 2. The second kappa shape index (κ2) is 4.86. The maximum atomic E-state index is 12.1. The first kappa shape index (κ1) is 11.9. The summed E-state index contributed by atoms with van der Waals surface area (Å²) in [4.78, 5) is 12.1. The quantitative estimate of drug-likeness (QED) is 0.882. The molecule has 0 aromatic heterocycles. The molecule has 19 heavy (non-hydrogen) atoms. The highest BCUT2D eigenvalue weighted by Crippen LogP contribution is 2.42. The monoisotopic (exact) mass is 252 g/mol. The Morgan fingerprint density at radius 3 is 2.37 bits per heavy atom. The van der Waals surface area contributed by atoms with E-state index in [-0.39, 0.29) is 11.9 Å². The molecule has 3 nitrogen and oxygen atoms in total. The number of anilines is 1. The van der Waals surface area contributed by atoms with E-state index in [1.807, 2.05) is 42.5 Å². The number of para-hydroxylation sites is 1. The largest absolute Gasteiger partial charge is 0.327 e. The second-order valence-corrected chi connectivity index (χ2v) is 4.91. The third-order valence-electron chi connectivity index (χ3n) is 3.48. The number of hydrogen-bond acceptors (Lipinski definition) is 2. The van der Waals surface area contributed by atoms with Gasteiger partial charge in [0.2, 0.25) is 0 Å². The van der Waals surface area contributed by atoms with Gasteiger partial charge in [0.15, 0.2) is 0 Å². The number of rotatable bonds is 3. The van der Waals surface area contributed by atoms with Crippen LogP contribution in [0.3, 0.4) is 0 Å². The number of hydrogen-bond donors (Lipinski definition) is 2. The molecule has 0 aliphatic heterocycles. The van der Waals surface area contributed by atoms with Gasteiger partial charge in [0, 0.05) is 23.2 Å². The Kier molecular flexibility index (Phi) is 3.05. The summed E-state index contributed by atoms with van der Waals surface area (Å²) in [5, 5.41) is 2.97. The van der Waals surface area contributed by atoms with Crippen molar-refractivity contribution in [1.29, 1.82) is 0 Å². The number of amides is 1. The maximum Gasteiger partial charge on any atom is 0.255 e. The van der Waals surface area contributed by atoms with Gasteiger partial charge in [-0.3, -0.25) is 4.79 Å². The molecule has 1 saturated carbocycles. The molecule has 3 N–H and O–H groups in total. The minimum atomic E-state index is -0.0812. The summed E-state index contributed by atoms with van der Waals surface area (Å²) in [7, 11) is 0. The molecule has 1 amide bonds. The average molecular weight is 252 g/mol. The molecule has 1 aliphatic carbocycles. The number of carbonyl (C=O) groups is 1. The lowest BCUT2D eigenvalue weighted by atomic mass is 10.1. The molecule has 0 spiro atoms. The highest BCUT2D eigenvalue weighted by molar-refractivity contribution is 6.04. The van der Waals surface area contributed by atoms with Crippen LogP contribution < -0.4 is 11.1 Å². The number of nitrogens with two attached hydrogens (primary N) is 1. The average Bonchev–Trinajstić information content (AvgIpc) is 3.17. The Morgan fingerprint density at radius 1 is 1.05 bits per heavy atom. The minimum Gasteiger partial charge on any atom is -0.327 e. The zero-order chi connectivity index (χ0) is 13.2. The fraction of sp³-hybridized carbons (Fsp3) is 0.188. The number of nitrogens with one attached hydrogen (secondary N) is 1. The Balaban J connectivity index is 1.82. The minimum absolute atomic E-state index is 0.0812. The summed E-state index contributed by atoms with van der Waals surface area (Å²) in [6.45, 7) is 0. The van der Waals surface area contributed by atoms with Gasteiger partial charge in [0.1, 0.15) is 0 Å². The lowest BCUT2D eigenvalue weighted by molar-refractivity contribution is 0.102. The molecular formula is C16H16N2O. The Labute approximate surface area is 112 Å². The fourth-order valence-electron chi connectivity index (χ4n) is 2.29. The summed E-state index contributed by atoms with van der Waals surface area (Å²) in [5.74, 6) is 0.301. The molecule has 2 aromatic carbocycles. The van der Waals surface area contributed by atoms with E-state index >= 15 is 0 Å². The van der Waals surface area contributed by atoms with Crippen LogP contribution in [0.25, 0.3) is 0 Å². The first-order chi connectivity index (χ1) is 9.25. The van der Waals surface area contributed by atoms with Gasteiger partial charge in [-0.2, -0.15) is 0 Å². The van der Waals surface area contributed by atoms with E-state index in [2.05, 4.69) is 5.32 Å². The highest BCUT2D eigenvalue weighted by Gasteiger charge is 2.36. The predicted molar refractivity (Wildman–Crippen MR) is 76.2 cm³/mol. The first-order valence-electron chi connectivity index (χ1n) is 6.46. The van der Waals surface area contributed by atoms with Crippen molar-refractivity contribution in [3.8, 4) is 0 Å². The van der Waals surface area contributed by atoms with Crippen molar-refractivity contribution >= 4 is 11.6 Å². The van der Waals surface area contributed by atoms with Gasteiger partial charge in [0.05, 0.1) is 0 Å². The van der Waals surface area contributed by atoms with Crippen LogP contribution in [-0.2, 0) is 0 Å². The van der Waals surface area contributed by atoms with Crippen LogP contribution in [0.15, 0.2) is 54.6 Å². The molecule has 0 unspecified atom stereocenters. The van der Waals surface area contributed by atoms with E-state index < -0.39 is 0 Å². The van der Waals surface area contributed by atoms with Crippen molar-refractivity contribution in [3.63, 3.8) is 0 Å². The summed E-state index contributed by atoms with van der Waals surface area (Å²) in [5.41, 5.74) is 8.57. The summed E-state index contributed by atoms with van der Waals surface area (Å²) in [6.07, 6.45) is 0.998. The molecule has 2 atom stereocenters. The first-order valence-corrected chi connectivity index (χ1v) is 6.46. The third kappa shape index (κ3) is 2.51. The van der Waals surface area contributed by atoms with E-state index in [1.54, 1.807) is 12.1 Å². The summed E-state index contributed by atoms with van der Waals surface area (Å²) in [6, 6.07) is 17.3. The van der Waals surface area contributed by atoms with Crippen LogP contribution in [0, 0.1) is 0 Å². The van der Waals surface area contributed by atoms with Gasteiger partial charge < -0.3 is 11.1 Å². The van der Waals surface area contributed by atoms with Gasteiger partial charge in [-0.15, -0.1) is 0 Å². The molecule has 3 heteroatoms. The van der Waals surface area contributed by atoms with Gasteiger partial charge >= 0.3 is 0 Å². The van der Waals surface area contributed by atoms with Crippen molar-refractivity contribution in [2.24, 2.45) is 5.73 Å². The third-order valence-corrected chi connectivity index (χ3v) is 3.48. The summed E-state index contributed by atoms with van der Waals surface area (Å²) >= 11 is 0. The van der Waals surface area contributed by atoms with Crippen LogP contribution in [0.1, 0.15) is 28.3 Å². The number of carbonyl (C=O) groups excluding carboxylic acids is 1. The van der Waals surface area contributed by atoms with E-state index in [1.165, 1.54) is 0 Å². The predicted octanol–water partition coefficient (Wildman–Crippen LogP) is 2.75. The molecule has 1 fully saturated rings. The summed E-state index contributed by atoms with van der Waals surface area (Å²) < 4.78 is 0. The van der Waals surface area contributed by atoms with Crippen LogP contribution in [0.4, 0.5) is 5.69 Å². The molecule has 0 radical (unpaired) electrons. The second-order valence-electron chi connectivity index (χ2n) is 4.91. The molecule has 0 heterocycles. The van der Waals surface area contributed by atoms with Crippen LogP contribution in [0.5, 0.6) is 0 Å². The molecular weight excluding hydrogens is 236 g/mol. The molecule has 3 rings (SSSR count). The molecule has 96 valence electrons. The van der Waals surface area contributed by atoms with Crippen LogP contribution >= 0.6 is 0 Å².